The SMILES string of the molecule is CC1(C)c2ccccc2-c2ccc(C(=N)c3cccc(C4(c5cccc(CC(c6ccccc6)c6ccccc6)c5)c5ccccc5-c5ccccc54)c3)cc21. The molecule has 0 bridgehead atoms. The fraction of sp³-hybridized carbons (Fsp3) is 0.109. The Morgan fingerprint density at radius 2 is 0.911 bits per heavy atom. The molecule has 0 saturated heterocycles. The molecule has 1 nitrogen and oxygen atoms in total. The number of hydrogen-bond acceptors (Lipinski definition) is 1. The Morgan fingerprint density at radius 1 is 0.429 bits per heavy atom. The zero-order valence-electron chi connectivity index (χ0n) is 31.8. The molecule has 56 heavy (non-hydrogen) atoms. The molecule has 2 aliphatic rings. The maximum Gasteiger partial charge on any atom is 0.0713 e. The summed E-state index contributed by atoms with van der Waals surface area (Å²) in [6.07, 6.45) is 0.879. The fourth-order valence-corrected chi connectivity index (χ4v) is 9.92. The zero-order valence-corrected chi connectivity index (χ0v) is 31.8. The molecule has 0 aliphatic heterocycles. The van der Waals surface area contributed by atoms with Gasteiger partial charge in [-0.25, -0.2) is 0 Å². The van der Waals surface area contributed by atoms with E-state index >= 15 is 0 Å². The molecule has 0 atom stereocenters. The summed E-state index contributed by atoms with van der Waals surface area (Å²) in [4.78, 5) is 0. The number of hydrogen-bond donors (Lipinski definition) is 1. The first kappa shape index (κ1) is 34.0. The summed E-state index contributed by atoms with van der Waals surface area (Å²) in [5.74, 6) is 0.223. The van der Waals surface area contributed by atoms with E-state index in [4.69, 9.17) is 0 Å². The minimum absolute atomic E-state index is 0.129. The average Bonchev–Trinajstić information content (AvgIpc) is 3.69. The molecule has 8 aromatic carbocycles. The van der Waals surface area contributed by atoms with Crippen LogP contribution < -0.4 is 0 Å². The van der Waals surface area contributed by atoms with Crippen LogP contribution in [0.25, 0.3) is 22.3 Å². The minimum atomic E-state index is -0.573. The van der Waals surface area contributed by atoms with E-state index in [9.17, 15) is 5.41 Å². The third kappa shape index (κ3) is 5.26. The Bertz CT molecular complexity index is 2690. The topological polar surface area (TPSA) is 23.9 Å². The number of fused-ring (bicyclic) bond motifs is 6. The molecule has 1 N–H and O–H groups in total. The van der Waals surface area contributed by atoms with Crippen molar-refractivity contribution in [2.45, 2.75) is 37.0 Å². The standard InChI is InChI=1S/C55H43N/c1-54(2)49-28-12-9-25-44(49)47-32-31-41(36-52(47)54)53(56)40-22-16-24-43(35-40)55(50-29-13-10-26-45(50)46-27-11-14-30-51(46)55)42-23-15-17-37(33-42)34-48(38-18-5-3-6-19-38)39-20-7-4-8-21-39/h3-33,35-36,48,56H,34H2,1-2H3. The first-order valence-electron chi connectivity index (χ1n) is 19.8. The molecule has 0 saturated carbocycles. The van der Waals surface area contributed by atoms with Crippen molar-refractivity contribution >= 4 is 5.71 Å². The molecule has 0 radical (unpaired) electrons. The van der Waals surface area contributed by atoms with Crippen molar-refractivity contribution in [3.63, 3.8) is 0 Å². The van der Waals surface area contributed by atoms with Gasteiger partial charge in [-0.15, -0.1) is 0 Å². The molecule has 0 heterocycles. The predicted octanol–water partition coefficient (Wildman–Crippen LogP) is 13.1. The highest BCUT2D eigenvalue weighted by atomic mass is 14.5. The van der Waals surface area contributed by atoms with Gasteiger partial charge in [0, 0.05) is 22.5 Å². The second kappa shape index (κ2) is 13.3. The maximum absolute atomic E-state index is 9.72. The molecule has 0 spiro atoms. The van der Waals surface area contributed by atoms with E-state index in [1.54, 1.807) is 0 Å². The van der Waals surface area contributed by atoms with E-state index in [0.29, 0.717) is 5.71 Å². The van der Waals surface area contributed by atoms with Gasteiger partial charge in [0.05, 0.1) is 11.1 Å². The quantitative estimate of drug-likeness (QED) is 0.151. The second-order valence-corrected chi connectivity index (χ2v) is 16.0. The maximum atomic E-state index is 9.72. The first-order chi connectivity index (χ1) is 27.4. The van der Waals surface area contributed by atoms with Crippen LogP contribution in [0.4, 0.5) is 0 Å². The van der Waals surface area contributed by atoms with E-state index in [2.05, 4.69) is 214 Å². The van der Waals surface area contributed by atoms with Crippen LogP contribution in [0.3, 0.4) is 0 Å². The van der Waals surface area contributed by atoms with Crippen molar-refractivity contribution in [3.8, 4) is 22.3 Å². The Hall–Kier alpha value is -6.57. The third-order valence-corrected chi connectivity index (χ3v) is 12.6. The number of benzene rings is 8. The Labute approximate surface area is 330 Å². The van der Waals surface area contributed by atoms with Crippen LogP contribution in [0, 0.1) is 5.41 Å². The summed E-state index contributed by atoms with van der Waals surface area (Å²) in [5, 5.41) is 9.72. The summed E-state index contributed by atoms with van der Waals surface area (Å²) >= 11 is 0. The molecule has 0 aromatic heterocycles. The highest BCUT2D eigenvalue weighted by Gasteiger charge is 2.46. The predicted molar refractivity (Wildman–Crippen MR) is 232 cm³/mol. The van der Waals surface area contributed by atoms with Gasteiger partial charge < -0.3 is 0 Å². The van der Waals surface area contributed by atoms with Crippen LogP contribution in [0.5, 0.6) is 0 Å². The summed E-state index contributed by atoms with van der Waals surface area (Å²) in [6, 6.07) is 73.2. The van der Waals surface area contributed by atoms with Gasteiger partial charge in [0.15, 0.2) is 0 Å². The van der Waals surface area contributed by atoms with Gasteiger partial charge in [0.25, 0.3) is 0 Å². The highest BCUT2D eigenvalue weighted by molar-refractivity contribution is 6.11. The van der Waals surface area contributed by atoms with Gasteiger partial charge in [-0.2, -0.15) is 0 Å². The van der Waals surface area contributed by atoms with Gasteiger partial charge in [-0.3, -0.25) is 5.41 Å². The first-order valence-corrected chi connectivity index (χ1v) is 19.8. The van der Waals surface area contributed by atoms with E-state index in [1.165, 1.54) is 72.3 Å². The van der Waals surface area contributed by atoms with E-state index in [0.717, 1.165) is 17.5 Å². The number of nitrogens with one attached hydrogen (secondary N) is 1. The normalized spacial score (nSPS) is 14.1. The number of rotatable bonds is 8. The van der Waals surface area contributed by atoms with Crippen LogP contribution in [-0.4, -0.2) is 5.71 Å². The summed E-state index contributed by atoms with van der Waals surface area (Å²) in [5.41, 5.74) is 18.3. The molecule has 1 heteroatoms. The molecule has 0 amide bonds. The van der Waals surface area contributed by atoms with Crippen LogP contribution in [0.2, 0.25) is 0 Å². The average molecular weight is 718 g/mol. The minimum Gasteiger partial charge on any atom is -0.300 e. The van der Waals surface area contributed by atoms with Crippen molar-refractivity contribution in [2.75, 3.05) is 0 Å². The van der Waals surface area contributed by atoms with E-state index in [-0.39, 0.29) is 11.3 Å². The van der Waals surface area contributed by atoms with Gasteiger partial charge >= 0.3 is 0 Å². The third-order valence-electron chi connectivity index (χ3n) is 12.6. The summed E-state index contributed by atoms with van der Waals surface area (Å²) < 4.78 is 0. The largest absolute Gasteiger partial charge is 0.300 e. The molecule has 8 aromatic rings. The highest BCUT2D eigenvalue weighted by Crippen LogP contribution is 2.56. The van der Waals surface area contributed by atoms with Crippen molar-refractivity contribution < 1.29 is 0 Å². The van der Waals surface area contributed by atoms with Gasteiger partial charge in [-0.05, 0) is 90.9 Å². The van der Waals surface area contributed by atoms with Gasteiger partial charge in [0.2, 0.25) is 0 Å². The van der Waals surface area contributed by atoms with Crippen molar-refractivity contribution in [3.05, 3.63) is 261 Å². The fourth-order valence-electron chi connectivity index (χ4n) is 9.92. The van der Waals surface area contributed by atoms with Crippen molar-refractivity contribution in [2.24, 2.45) is 0 Å². The van der Waals surface area contributed by atoms with Crippen molar-refractivity contribution in [1.29, 1.82) is 5.41 Å². The lowest BCUT2D eigenvalue weighted by Crippen LogP contribution is -2.29. The monoisotopic (exact) mass is 717 g/mol. The van der Waals surface area contributed by atoms with E-state index < -0.39 is 5.41 Å². The lowest BCUT2D eigenvalue weighted by Gasteiger charge is -2.34. The smallest absolute Gasteiger partial charge is 0.0713 e. The van der Waals surface area contributed by atoms with Crippen LogP contribution in [0.15, 0.2) is 200 Å². The second-order valence-electron chi connectivity index (χ2n) is 16.0. The Kier molecular flexibility index (Phi) is 8.08. The van der Waals surface area contributed by atoms with E-state index in [1.807, 2.05) is 0 Å². The lowest BCUT2D eigenvalue weighted by atomic mass is 9.67. The van der Waals surface area contributed by atoms with Crippen LogP contribution in [-0.2, 0) is 17.3 Å². The Morgan fingerprint density at radius 3 is 1.54 bits per heavy atom. The molecule has 10 rings (SSSR count). The van der Waals surface area contributed by atoms with Crippen LogP contribution in [0.1, 0.15) is 81.0 Å². The molecule has 0 fully saturated rings. The van der Waals surface area contributed by atoms with Gasteiger partial charge in [0.1, 0.15) is 0 Å². The summed E-state index contributed by atoms with van der Waals surface area (Å²) in [7, 11) is 0. The molecule has 2 aliphatic carbocycles. The molecular weight excluding hydrogens is 675 g/mol. The van der Waals surface area contributed by atoms with Crippen LogP contribution >= 0.6 is 0 Å². The molecule has 268 valence electrons. The lowest BCUT2D eigenvalue weighted by molar-refractivity contribution is 0.660. The van der Waals surface area contributed by atoms with Gasteiger partial charge in [-0.1, -0.05) is 202 Å². The van der Waals surface area contributed by atoms with Crippen molar-refractivity contribution in [1.82, 2.24) is 0 Å². The summed E-state index contributed by atoms with van der Waals surface area (Å²) in [6.45, 7) is 4.61. The molecular formula is C55H43N. The zero-order chi connectivity index (χ0) is 37.9. The molecule has 0 unspecified atom stereocenters. The Balaban J connectivity index is 1.12.